The van der Waals surface area contributed by atoms with E-state index in [0.717, 1.165) is 17.7 Å². The van der Waals surface area contributed by atoms with Gasteiger partial charge in [-0.15, -0.1) is 0 Å². The zero-order valence-electron chi connectivity index (χ0n) is 15.2. The Bertz CT molecular complexity index is 659. The summed E-state index contributed by atoms with van der Waals surface area (Å²) in [6, 6.07) is 17.9. The van der Waals surface area contributed by atoms with Gasteiger partial charge in [0.25, 0.3) is 0 Å². The highest BCUT2D eigenvalue weighted by molar-refractivity contribution is 5.73. The molecule has 2 amide bonds. The topological polar surface area (TPSA) is 53.6 Å². The van der Waals surface area contributed by atoms with Gasteiger partial charge in [0.1, 0.15) is 5.75 Å². The highest BCUT2D eigenvalue weighted by Gasteiger charge is 2.18. The summed E-state index contributed by atoms with van der Waals surface area (Å²) in [5, 5.41) is 5.86. The van der Waals surface area contributed by atoms with Gasteiger partial charge in [-0.2, -0.15) is 0 Å². The zero-order valence-corrected chi connectivity index (χ0v) is 15.2. The Balaban J connectivity index is 1.85. The summed E-state index contributed by atoms with van der Waals surface area (Å²) >= 11 is 0. The highest BCUT2D eigenvalue weighted by atomic mass is 16.5. The predicted molar refractivity (Wildman–Crippen MR) is 101 cm³/mol. The summed E-state index contributed by atoms with van der Waals surface area (Å²) in [7, 11) is 5.65. The maximum atomic E-state index is 12.1. The standard InChI is InChI=1S/C20H27N3O2/c1-23(2)18(17-11-7-8-12-19(17)25-3)15-22-20(24)21-14-13-16-9-5-4-6-10-16/h4-12,18H,13-15H2,1-3H3,(H2,21,22,24). The first-order valence-corrected chi connectivity index (χ1v) is 8.46. The van der Waals surface area contributed by atoms with Gasteiger partial charge in [0.05, 0.1) is 13.2 Å². The lowest BCUT2D eigenvalue weighted by Crippen LogP contribution is -2.41. The average Bonchev–Trinajstić information content (AvgIpc) is 2.63. The molecule has 2 aromatic rings. The van der Waals surface area contributed by atoms with Crippen molar-refractivity contribution in [2.45, 2.75) is 12.5 Å². The molecule has 0 saturated carbocycles. The van der Waals surface area contributed by atoms with Crippen LogP contribution in [0.25, 0.3) is 0 Å². The molecule has 2 N–H and O–H groups in total. The lowest BCUT2D eigenvalue weighted by Gasteiger charge is -2.26. The van der Waals surface area contributed by atoms with Gasteiger partial charge in [-0.1, -0.05) is 48.5 Å². The molecule has 0 saturated heterocycles. The third-order valence-corrected chi connectivity index (χ3v) is 4.12. The number of hydrogen-bond donors (Lipinski definition) is 2. The molecule has 0 spiro atoms. The second-order valence-corrected chi connectivity index (χ2v) is 6.09. The van der Waals surface area contributed by atoms with E-state index in [2.05, 4.69) is 27.7 Å². The molecular formula is C20H27N3O2. The van der Waals surface area contributed by atoms with Crippen molar-refractivity contribution in [2.24, 2.45) is 0 Å². The van der Waals surface area contributed by atoms with Gasteiger partial charge in [0.15, 0.2) is 0 Å². The first-order chi connectivity index (χ1) is 12.1. The van der Waals surface area contributed by atoms with Crippen LogP contribution in [-0.4, -0.2) is 45.2 Å². The number of carbonyl (C=O) groups is 1. The molecule has 1 atom stereocenters. The van der Waals surface area contributed by atoms with Gasteiger partial charge in [-0.3, -0.25) is 0 Å². The lowest BCUT2D eigenvalue weighted by atomic mass is 10.0. The number of ether oxygens (including phenoxy) is 1. The molecule has 0 bridgehead atoms. The van der Waals surface area contributed by atoms with Gasteiger partial charge in [0.2, 0.25) is 0 Å². The molecule has 0 fully saturated rings. The molecule has 5 heteroatoms. The molecule has 1 unspecified atom stereocenters. The van der Waals surface area contributed by atoms with Crippen LogP contribution in [0, 0.1) is 0 Å². The van der Waals surface area contributed by atoms with Crippen LogP contribution in [0.1, 0.15) is 17.2 Å². The number of hydrogen-bond acceptors (Lipinski definition) is 3. The maximum Gasteiger partial charge on any atom is 0.314 e. The normalized spacial score (nSPS) is 11.8. The summed E-state index contributed by atoms with van der Waals surface area (Å²) in [5.41, 5.74) is 2.27. The zero-order chi connectivity index (χ0) is 18.1. The summed E-state index contributed by atoms with van der Waals surface area (Å²) in [4.78, 5) is 14.1. The average molecular weight is 341 g/mol. The molecule has 0 aliphatic heterocycles. The number of nitrogens with one attached hydrogen (secondary N) is 2. The third-order valence-electron chi connectivity index (χ3n) is 4.12. The Morgan fingerprint density at radius 2 is 1.72 bits per heavy atom. The number of methoxy groups -OCH3 is 1. The third kappa shape index (κ3) is 5.80. The minimum atomic E-state index is -0.155. The molecule has 2 rings (SSSR count). The molecule has 2 aromatic carbocycles. The summed E-state index contributed by atoms with van der Waals surface area (Å²) in [5.74, 6) is 0.826. The van der Waals surface area contributed by atoms with E-state index in [-0.39, 0.29) is 12.1 Å². The number of nitrogens with zero attached hydrogens (tertiary/aromatic N) is 1. The summed E-state index contributed by atoms with van der Waals surface area (Å²) < 4.78 is 5.44. The van der Waals surface area contributed by atoms with Crippen LogP contribution in [-0.2, 0) is 6.42 Å². The molecule has 25 heavy (non-hydrogen) atoms. The Morgan fingerprint density at radius 3 is 2.40 bits per heavy atom. The molecular weight excluding hydrogens is 314 g/mol. The summed E-state index contributed by atoms with van der Waals surface area (Å²) in [6.07, 6.45) is 0.817. The van der Waals surface area contributed by atoms with E-state index < -0.39 is 0 Å². The monoisotopic (exact) mass is 341 g/mol. The van der Waals surface area contributed by atoms with E-state index in [1.165, 1.54) is 5.56 Å². The van der Waals surface area contributed by atoms with Crippen molar-refractivity contribution in [3.05, 3.63) is 65.7 Å². The van der Waals surface area contributed by atoms with E-state index in [9.17, 15) is 4.79 Å². The fourth-order valence-corrected chi connectivity index (χ4v) is 2.73. The largest absolute Gasteiger partial charge is 0.496 e. The first-order valence-electron chi connectivity index (χ1n) is 8.46. The fraction of sp³-hybridized carbons (Fsp3) is 0.350. The van der Waals surface area contributed by atoms with Crippen LogP contribution < -0.4 is 15.4 Å². The van der Waals surface area contributed by atoms with Crippen LogP contribution in [0.3, 0.4) is 0 Å². The van der Waals surface area contributed by atoms with Crippen LogP contribution in [0.5, 0.6) is 5.75 Å². The predicted octanol–water partition coefficient (Wildman–Crippen LogP) is 2.84. The van der Waals surface area contributed by atoms with Crippen molar-refractivity contribution < 1.29 is 9.53 Å². The van der Waals surface area contributed by atoms with E-state index in [1.54, 1.807) is 7.11 Å². The smallest absolute Gasteiger partial charge is 0.314 e. The number of para-hydroxylation sites is 1. The number of likely N-dealkylation sites (N-methyl/N-ethyl adjacent to an activating group) is 1. The minimum absolute atomic E-state index is 0.0380. The van der Waals surface area contributed by atoms with E-state index in [0.29, 0.717) is 13.1 Å². The molecule has 0 radical (unpaired) electrons. The number of urea groups is 1. The van der Waals surface area contributed by atoms with Crippen LogP contribution in [0.2, 0.25) is 0 Å². The molecule has 0 aliphatic rings. The van der Waals surface area contributed by atoms with Crippen molar-refractivity contribution in [2.75, 3.05) is 34.3 Å². The SMILES string of the molecule is COc1ccccc1C(CNC(=O)NCCc1ccccc1)N(C)C. The van der Waals surface area contributed by atoms with Gasteiger partial charge < -0.3 is 20.3 Å². The van der Waals surface area contributed by atoms with Gasteiger partial charge in [-0.25, -0.2) is 4.79 Å². The Kier molecular flexibility index (Phi) is 7.29. The van der Waals surface area contributed by atoms with E-state index in [4.69, 9.17) is 4.74 Å². The number of carbonyl (C=O) groups excluding carboxylic acids is 1. The van der Waals surface area contributed by atoms with Crippen molar-refractivity contribution in [1.82, 2.24) is 15.5 Å². The minimum Gasteiger partial charge on any atom is -0.496 e. The molecule has 0 heterocycles. The van der Waals surface area contributed by atoms with Crippen LogP contribution in [0.15, 0.2) is 54.6 Å². The number of amides is 2. The lowest BCUT2D eigenvalue weighted by molar-refractivity contribution is 0.232. The van der Waals surface area contributed by atoms with Crippen molar-refractivity contribution in [3.63, 3.8) is 0 Å². The fourth-order valence-electron chi connectivity index (χ4n) is 2.73. The van der Waals surface area contributed by atoms with Gasteiger partial charge in [-0.05, 0) is 32.1 Å². The summed E-state index contributed by atoms with van der Waals surface area (Å²) in [6.45, 7) is 1.11. The second kappa shape index (κ2) is 9.69. The van der Waals surface area contributed by atoms with Crippen LogP contribution in [0.4, 0.5) is 4.79 Å². The van der Waals surface area contributed by atoms with Crippen molar-refractivity contribution in [3.8, 4) is 5.75 Å². The van der Waals surface area contributed by atoms with Crippen LogP contribution >= 0.6 is 0 Å². The molecule has 0 aromatic heterocycles. The second-order valence-electron chi connectivity index (χ2n) is 6.09. The first kappa shape index (κ1) is 18.8. The van der Waals surface area contributed by atoms with E-state index in [1.807, 2.05) is 56.6 Å². The van der Waals surface area contributed by atoms with Crippen molar-refractivity contribution in [1.29, 1.82) is 0 Å². The highest BCUT2D eigenvalue weighted by Crippen LogP contribution is 2.27. The Morgan fingerprint density at radius 1 is 1.04 bits per heavy atom. The molecule has 134 valence electrons. The molecule has 0 aliphatic carbocycles. The molecule has 5 nitrogen and oxygen atoms in total. The number of rotatable bonds is 8. The van der Waals surface area contributed by atoms with Gasteiger partial charge >= 0.3 is 6.03 Å². The van der Waals surface area contributed by atoms with Crippen molar-refractivity contribution >= 4 is 6.03 Å². The maximum absolute atomic E-state index is 12.1. The Hall–Kier alpha value is -2.53. The van der Waals surface area contributed by atoms with E-state index >= 15 is 0 Å². The quantitative estimate of drug-likeness (QED) is 0.776. The van der Waals surface area contributed by atoms with Gasteiger partial charge in [0, 0.05) is 18.7 Å². The Labute approximate surface area is 150 Å². The number of benzene rings is 2.